The highest BCUT2D eigenvalue weighted by Crippen LogP contribution is 2.08. The number of thiazole rings is 1. The van der Waals surface area contributed by atoms with Crippen LogP contribution in [-0.4, -0.2) is 18.1 Å². The fourth-order valence-electron chi connectivity index (χ4n) is 1.50. The Hall–Kier alpha value is -0.450. The van der Waals surface area contributed by atoms with Crippen LogP contribution in [0.1, 0.15) is 30.5 Å². The summed E-state index contributed by atoms with van der Waals surface area (Å²) in [5.74, 6) is 0.662. The highest BCUT2D eigenvalue weighted by atomic mass is 32.1. The molecule has 3 N–H and O–H groups in total. The van der Waals surface area contributed by atoms with Crippen molar-refractivity contribution in [2.45, 2.75) is 33.2 Å². The summed E-state index contributed by atoms with van der Waals surface area (Å²) in [5.41, 5.74) is 6.79. The first-order valence-electron chi connectivity index (χ1n) is 5.58. The van der Waals surface area contributed by atoms with Crippen LogP contribution >= 0.6 is 11.3 Å². The van der Waals surface area contributed by atoms with E-state index in [4.69, 9.17) is 5.73 Å². The lowest BCUT2D eigenvalue weighted by Gasteiger charge is -2.11. The van der Waals surface area contributed by atoms with Crippen molar-refractivity contribution >= 4 is 11.3 Å². The molecular formula is C11H21N3S. The summed E-state index contributed by atoms with van der Waals surface area (Å²) >= 11 is 1.71. The molecule has 0 radical (unpaired) electrons. The molecule has 0 saturated heterocycles. The molecule has 1 unspecified atom stereocenters. The monoisotopic (exact) mass is 227 g/mol. The molecule has 0 aromatic carbocycles. The molecule has 1 aromatic rings. The van der Waals surface area contributed by atoms with Crippen molar-refractivity contribution in [3.63, 3.8) is 0 Å². The van der Waals surface area contributed by atoms with E-state index in [2.05, 4.69) is 22.6 Å². The van der Waals surface area contributed by atoms with Gasteiger partial charge >= 0.3 is 0 Å². The summed E-state index contributed by atoms with van der Waals surface area (Å²) in [6.07, 6.45) is 2.34. The van der Waals surface area contributed by atoms with Gasteiger partial charge in [0.15, 0.2) is 0 Å². The zero-order chi connectivity index (χ0) is 11.1. The second kappa shape index (κ2) is 6.93. The molecule has 0 aliphatic heterocycles. The van der Waals surface area contributed by atoms with E-state index in [9.17, 15) is 0 Å². The van der Waals surface area contributed by atoms with Gasteiger partial charge in [0, 0.05) is 11.9 Å². The van der Waals surface area contributed by atoms with E-state index in [1.807, 2.05) is 6.92 Å². The van der Waals surface area contributed by atoms with Gasteiger partial charge in [0.1, 0.15) is 0 Å². The number of nitrogens with two attached hydrogens (primary N) is 1. The summed E-state index contributed by atoms with van der Waals surface area (Å²) in [6, 6.07) is 0. The maximum Gasteiger partial charge on any atom is 0.0897 e. The summed E-state index contributed by atoms with van der Waals surface area (Å²) in [6.45, 7) is 6.95. The van der Waals surface area contributed by atoms with Crippen molar-refractivity contribution in [1.29, 1.82) is 0 Å². The predicted molar refractivity (Wildman–Crippen MR) is 66.0 cm³/mol. The fourth-order valence-corrected chi connectivity index (χ4v) is 2.11. The molecule has 4 heteroatoms. The Kier molecular flexibility index (Phi) is 5.83. The largest absolute Gasteiger partial charge is 0.330 e. The topological polar surface area (TPSA) is 50.9 Å². The summed E-state index contributed by atoms with van der Waals surface area (Å²) in [4.78, 5) is 4.40. The summed E-state index contributed by atoms with van der Waals surface area (Å²) in [5, 5.41) is 6.66. The van der Waals surface area contributed by atoms with Gasteiger partial charge in [-0.25, -0.2) is 4.98 Å². The molecule has 0 aliphatic carbocycles. The molecule has 1 atom stereocenters. The number of hydrogen-bond acceptors (Lipinski definition) is 4. The van der Waals surface area contributed by atoms with E-state index < -0.39 is 0 Å². The van der Waals surface area contributed by atoms with Crippen molar-refractivity contribution in [2.75, 3.05) is 13.1 Å². The Morgan fingerprint density at radius 1 is 1.60 bits per heavy atom. The molecule has 0 saturated carbocycles. The molecule has 86 valence electrons. The minimum absolute atomic E-state index is 0.662. The Morgan fingerprint density at radius 2 is 2.40 bits per heavy atom. The maximum atomic E-state index is 5.64. The number of aryl methyl sites for hydroxylation is 1. The second-order valence-electron chi connectivity index (χ2n) is 3.83. The van der Waals surface area contributed by atoms with E-state index >= 15 is 0 Å². The first kappa shape index (κ1) is 12.6. The molecule has 0 spiro atoms. The van der Waals surface area contributed by atoms with Gasteiger partial charge in [-0.1, -0.05) is 13.3 Å². The average Bonchev–Trinajstić information content (AvgIpc) is 2.65. The third-order valence-electron chi connectivity index (χ3n) is 2.61. The highest BCUT2D eigenvalue weighted by Gasteiger charge is 2.03. The third kappa shape index (κ3) is 4.73. The number of rotatable bonds is 7. The lowest BCUT2D eigenvalue weighted by Crippen LogP contribution is -2.21. The highest BCUT2D eigenvalue weighted by molar-refractivity contribution is 7.09. The van der Waals surface area contributed by atoms with Crippen molar-refractivity contribution in [2.24, 2.45) is 11.7 Å². The third-order valence-corrected chi connectivity index (χ3v) is 3.44. The van der Waals surface area contributed by atoms with Crippen LogP contribution < -0.4 is 11.1 Å². The normalized spacial score (nSPS) is 13.0. The molecule has 0 fully saturated rings. The Balaban J connectivity index is 2.11. The predicted octanol–water partition coefficient (Wildman–Crippen LogP) is 1.92. The molecule has 0 amide bonds. The molecule has 3 nitrogen and oxygen atoms in total. The average molecular weight is 227 g/mol. The molecular weight excluding hydrogens is 206 g/mol. The molecule has 1 aromatic heterocycles. The lowest BCUT2D eigenvalue weighted by atomic mass is 10.0. The van der Waals surface area contributed by atoms with Crippen molar-refractivity contribution in [3.8, 4) is 0 Å². The SMILES string of the molecule is CCC(CN)CCNCc1csc(C)n1. The van der Waals surface area contributed by atoms with Gasteiger partial charge in [-0.15, -0.1) is 11.3 Å². The number of hydrogen-bond donors (Lipinski definition) is 2. The van der Waals surface area contributed by atoms with Crippen LogP contribution in [0.15, 0.2) is 5.38 Å². The zero-order valence-electron chi connectivity index (χ0n) is 9.62. The molecule has 1 heterocycles. The molecule has 15 heavy (non-hydrogen) atoms. The van der Waals surface area contributed by atoms with Gasteiger partial charge in [-0.05, 0) is 32.4 Å². The van der Waals surface area contributed by atoms with Crippen LogP contribution in [0.2, 0.25) is 0 Å². The van der Waals surface area contributed by atoms with Crippen molar-refractivity contribution in [1.82, 2.24) is 10.3 Å². The van der Waals surface area contributed by atoms with Gasteiger partial charge in [0.2, 0.25) is 0 Å². The quantitative estimate of drug-likeness (QED) is 0.700. The summed E-state index contributed by atoms with van der Waals surface area (Å²) in [7, 11) is 0. The maximum absolute atomic E-state index is 5.64. The molecule has 0 bridgehead atoms. The van der Waals surface area contributed by atoms with Gasteiger partial charge in [0.05, 0.1) is 10.7 Å². The molecule has 0 aliphatic rings. The van der Waals surface area contributed by atoms with Crippen molar-refractivity contribution in [3.05, 3.63) is 16.1 Å². The fraction of sp³-hybridized carbons (Fsp3) is 0.727. The standard InChI is InChI=1S/C11H21N3S/c1-3-10(6-12)4-5-13-7-11-8-15-9(2)14-11/h8,10,13H,3-7,12H2,1-2H3. The van der Waals surface area contributed by atoms with E-state index in [1.165, 1.54) is 6.42 Å². The van der Waals surface area contributed by atoms with E-state index in [0.717, 1.165) is 36.8 Å². The van der Waals surface area contributed by atoms with E-state index in [0.29, 0.717) is 5.92 Å². The smallest absolute Gasteiger partial charge is 0.0897 e. The van der Waals surface area contributed by atoms with Gasteiger partial charge < -0.3 is 11.1 Å². The van der Waals surface area contributed by atoms with Gasteiger partial charge in [0.25, 0.3) is 0 Å². The number of nitrogens with zero attached hydrogens (tertiary/aromatic N) is 1. The minimum Gasteiger partial charge on any atom is -0.330 e. The van der Waals surface area contributed by atoms with Crippen LogP contribution in [0.4, 0.5) is 0 Å². The number of aromatic nitrogens is 1. The Bertz CT molecular complexity index is 269. The van der Waals surface area contributed by atoms with E-state index in [-0.39, 0.29) is 0 Å². The van der Waals surface area contributed by atoms with Gasteiger partial charge in [-0.3, -0.25) is 0 Å². The zero-order valence-corrected chi connectivity index (χ0v) is 10.4. The van der Waals surface area contributed by atoms with Gasteiger partial charge in [-0.2, -0.15) is 0 Å². The first-order chi connectivity index (χ1) is 7.26. The summed E-state index contributed by atoms with van der Waals surface area (Å²) < 4.78 is 0. The lowest BCUT2D eigenvalue weighted by molar-refractivity contribution is 0.459. The van der Waals surface area contributed by atoms with Crippen molar-refractivity contribution < 1.29 is 0 Å². The number of nitrogens with one attached hydrogen (secondary N) is 1. The minimum atomic E-state index is 0.662. The van der Waals surface area contributed by atoms with Crippen LogP contribution in [0.25, 0.3) is 0 Å². The van der Waals surface area contributed by atoms with Crippen LogP contribution in [0, 0.1) is 12.8 Å². The Morgan fingerprint density at radius 3 is 2.93 bits per heavy atom. The van der Waals surface area contributed by atoms with E-state index in [1.54, 1.807) is 11.3 Å². The first-order valence-corrected chi connectivity index (χ1v) is 6.46. The Labute approximate surface area is 96.1 Å². The van der Waals surface area contributed by atoms with Crippen LogP contribution in [-0.2, 0) is 6.54 Å². The molecule has 1 rings (SSSR count). The van der Waals surface area contributed by atoms with Crippen LogP contribution in [0.5, 0.6) is 0 Å². The van der Waals surface area contributed by atoms with Crippen LogP contribution in [0.3, 0.4) is 0 Å². The second-order valence-corrected chi connectivity index (χ2v) is 4.90.